The number of morpholine rings is 1. The molecule has 184 valence electrons. The number of thioether (sulfide) groups is 1. The zero-order chi connectivity index (χ0) is 25.1. The van der Waals surface area contributed by atoms with Crippen LogP contribution in [-0.2, 0) is 14.8 Å². The zero-order valence-corrected chi connectivity index (χ0v) is 19.6. The van der Waals surface area contributed by atoms with E-state index in [4.69, 9.17) is 10.00 Å². The fourth-order valence-electron chi connectivity index (χ4n) is 3.41. The Morgan fingerprint density at radius 1 is 1.11 bits per heavy atom. The molecular formula is C21H18F3N5O4S2. The number of halogens is 3. The van der Waals surface area contributed by atoms with E-state index in [1.807, 2.05) is 6.07 Å². The van der Waals surface area contributed by atoms with Crippen LogP contribution in [0, 0.1) is 11.3 Å². The molecule has 0 N–H and O–H groups in total. The lowest BCUT2D eigenvalue weighted by Crippen LogP contribution is -2.40. The lowest BCUT2D eigenvalue weighted by molar-refractivity contribution is -0.274. The molecule has 1 aliphatic heterocycles. The molecule has 4 rings (SSSR count). The molecule has 1 aromatic heterocycles. The van der Waals surface area contributed by atoms with E-state index >= 15 is 0 Å². The molecule has 0 unspecified atom stereocenters. The van der Waals surface area contributed by atoms with E-state index in [-0.39, 0.29) is 29.6 Å². The van der Waals surface area contributed by atoms with Gasteiger partial charge < -0.3 is 9.47 Å². The Labute approximate surface area is 203 Å². The van der Waals surface area contributed by atoms with E-state index in [2.05, 4.69) is 14.9 Å². The number of nitriles is 1. The van der Waals surface area contributed by atoms with Gasteiger partial charge in [0.2, 0.25) is 10.0 Å². The summed E-state index contributed by atoms with van der Waals surface area (Å²) in [5, 5.41) is 17.6. The Morgan fingerprint density at radius 3 is 2.49 bits per heavy atom. The normalized spacial score (nSPS) is 15.0. The maximum Gasteiger partial charge on any atom is 0.573 e. The number of aromatic nitrogens is 3. The summed E-state index contributed by atoms with van der Waals surface area (Å²) in [6, 6.07) is 13.2. The summed E-state index contributed by atoms with van der Waals surface area (Å²) in [7, 11) is -3.78. The zero-order valence-electron chi connectivity index (χ0n) is 18.0. The molecule has 3 aromatic rings. The molecule has 0 spiro atoms. The van der Waals surface area contributed by atoms with E-state index in [0.717, 1.165) is 23.9 Å². The third kappa shape index (κ3) is 5.76. The monoisotopic (exact) mass is 525 g/mol. The van der Waals surface area contributed by atoms with Crippen LogP contribution in [0.25, 0.3) is 17.1 Å². The summed E-state index contributed by atoms with van der Waals surface area (Å²) in [4.78, 5) is 0.0617. The molecular weight excluding hydrogens is 507 g/mol. The van der Waals surface area contributed by atoms with Gasteiger partial charge in [-0.25, -0.2) is 8.42 Å². The third-order valence-electron chi connectivity index (χ3n) is 4.93. The smallest absolute Gasteiger partial charge is 0.406 e. The molecule has 0 saturated carbocycles. The fraction of sp³-hybridized carbons (Fsp3) is 0.286. The molecule has 9 nitrogen and oxygen atoms in total. The van der Waals surface area contributed by atoms with Crippen LogP contribution in [0.4, 0.5) is 13.2 Å². The maximum atomic E-state index is 13.1. The highest BCUT2D eigenvalue weighted by Gasteiger charge is 2.31. The van der Waals surface area contributed by atoms with Gasteiger partial charge >= 0.3 is 6.36 Å². The number of alkyl halides is 3. The van der Waals surface area contributed by atoms with E-state index in [0.29, 0.717) is 29.6 Å². The van der Waals surface area contributed by atoms with Crippen LogP contribution in [0.1, 0.15) is 0 Å². The summed E-state index contributed by atoms with van der Waals surface area (Å²) in [5.74, 6) is -0.0894. The lowest BCUT2D eigenvalue weighted by atomic mass is 10.2. The molecule has 0 radical (unpaired) electrons. The van der Waals surface area contributed by atoms with E-state index in [1.54, 1.807) is 16.7 Å². The predicted octanol–water partition coefficient (Wildman–Crippen LogP) is 3.47. The molecule has 2 aromatic carbocycles. The summed E-state index contributed by atoms with van der Waals surface area (Å²) in [6.45, 7) is 1.09. The molecule has 1 aliphatic rings. The largest absolute Gasteiger partial charge is 0.573 e. The molecule has 2 heterocycles. The Bertz CT molecular complexity index is 1330. The summed E-state index contributed by atoms with van der Waals surface area (Å²) < 4.78 is 75.8. The van der Waals surface area contributed by atoms with Crippen LogP contribution in [0.5, 0.6) is 5.75 Å². The third-order valence-corrected chi connectivity index (χ3v) is 7.62. The second kappa shape index (κ2) is 10.2. The Balaban J connectivity index is 1.74. The van der Waals surface area contributed by atoms with Crippen LogP contribution >= 0.6 is 11.8 Å². The van der Waals surface area contributed by atoms with Gasteiger partial charge in [-0.05, 0) is 36.4 Å². The molecule has 35 heavy (non-hydrogen) atoms. The van der Waals surface area contributed by atoms with Crippen molar-refractivity contribution in [3.8, 4) is 28.9 Å². The fourth-order valence-corrected chi connectivity index (χ4v) is 5.48. The topological polar surface area (TPSA) is 110 Å². The van der Waals surface area contributed by atoms with Crippen molar-refractivity contribution < 1.29 is 31.1 Å². The summed E-state index contributed by atoms with van der Waals surface area (Å²) in [6.07, 6.45) is -4.83. The van der Waals surface area contributed by atoms with Crippen molar-refractivity contribution in [2.24, 2.45) is 0 Å². The number of ether oxygens (including phenoxy) is 2. The van der Waals surface area contributed by atoms with Gasteiger partial charge in [0.1, 0.15) is 5.75 Å². The number of rotatable bonds is 7. The van der Waals surface area contributed by atoms with Crippen molar-refractivity contribution in [2.75, 3.05) is 32.1 Å². The number of hydrogen-bond acceptors (Lipinski definition) is 8. The van der Waals surface area contributed by atoms with Crippen LogP contribution in [0.3, 0.4) is 0 Å². The van der Waals surface area contributed by atoms with E-state index in [1.165, 1.54) is 28.6 Å². The minimum atomic E-state index is -4.83. The minimum absolute atomic E-state index is 0.0544. The SMILES string of the molecule is N#CCSc1nnc(-c2cccc(S(=O)(=O)N3CCOCC3)c2)n1-c1ccc(OC(F)(F)F)cc1. The molecule has 0 amide bonds. The predicted molar refractivity (Wildman–Crippen MR) is 119 cm³/mol. The highest BCUT2D eigenvalue weighted by Crippen LogP contribution is 2.31. The molecule has 14 heteroatoms. The second-order valence-electron chi connectivity index (χ2n) is 7.17. The van der Waals surface area contributed by atoms with Crippen LogP contribution in [0.2, 0.25) is 0 Å². The van der Waals surface area contributed by atoms with Gasteiger partial charge in [0.15, 0.2) is 11.0 Å². The van der Waals surface area contributed by atoms with Crippen LogP contribution < -0.4 is 4.74 Å². The van der Waals surface area contributed by atoms with Crippen LogP contribution in [0.15, 0.2) is 58.6 Å². The number of sulfonamides is 1. The van der Waals surface area contributed by atoms with Gasteiger partial charge in [-0.3, -0.25) is 4.57 Å². The van der Waals surface area contributed by atoms with Crippen LogP contribution in [-0.4, -0.2) is 65.9 Å². The minimum Gasteiger partial charge on any atom is -0.406 e. The number of hydrogen-bond donors (Lipinski definition) is 0. The number of benzene rings is 2. The van der Waals surface area contributed by atoms with Crippen molar-refractivity contribution in [1.82, 2.24) is 19.1 Å². The first-order valence-electron chi connectivity index (χ1n) is 10.2. The lowest BCUT2D eigenvalue weighted by Gasteiger charge is -2.26. The molecule has 0 bridgehead atoms. The van der Waals surface area contributed by atoms with Crippen molar-refractivity contribution in [1.29, 1.82) is 5.26 Å². The van der Waals surface area contributed by atoms with Crippen molar-refractivity contribution >= 4 is 21.8 Å². The molecule has 1 fully saturated rings. The van der Waals surface area contributed by atoms with Crippen molar-refractivity contribution in [2.45, 2.75) is 16.4 Å². The van der Waals surface area contributed by atoms with Gasteiger partial charge in [-0.15, -0.1) is 23.4 Å². The first-order valence-corrected chi connectivity index (χ1v) is 12.6. The van der Waals surface area contributed by atoms with Gasteiger partial charge in [0.25, 0.3) is 0 Å². The van der Waals surface area contributed by atoms with Gasteiger partial charge in [0.05, 0.1) is 29.9 Å². The standard InChI is InChI=1S/C21H18F3N5O4S2/c22-21(23,24)33-17-6-4-16(5-7-17)29-19(26-27-20(29)34-13-8-25)15-2-1-3-18(14-15)35(30,31)28-9-11-32-12-10-28/h1-7,14H,9-13H2. The Hall–Kier alpha value is -3.12. The van der Waals surface area contributed by atoms with Gasteiger partial charge in [-0.2, -0.15) is 9.57 Å². The highest BCUT2D eigenvalue weighted by atomic mass is 32.2. The highest BCUT2D eigenvalue weighted by molar-refractivity contribution is 7.99. The first kappa shape index (κ1) is 25.0. The first-order chi connectivity index (χ1) is 16.7. The van der Waals surface area contributed by atoms with Gasteiger partial charge in [0, 0.05) is 24.3 Å². The average molecular weight is 526 g/mol. The molecule has 0 aliphatic carbocycles. The molecule has 0 atom stereocenters. The summed E-state index contributed by atoms with van der Waals surface area (Å²) in [5.41, 5.74) is 0.827. The van der Waals surface area contributed by atoms with Gasteiger partial charge in [-0.1, -0.05) is 23.9 Å². The maximum absolute atomic E-state index is 13.1. The Morgan fingerprint density at radius 2 is 1.83 bits per heavy atom. The Kier molecular flexibility index (Phi) is 7.31. The van der Waals surface area contributed by atoms with Crippen molar-refractivity contribution in [3.05, 3.63) is 48.5 Å². The second-order valence-corrected chi connectivity index (χ2v) is 10.1. The quantitative estimate of drug-likeness (QED) is 0.432. The average Bonchev–Trinajstić information content (AvgIpc) is 3.27. The van der Waals surface area contributed by atoms with Crippen molar-refractivity contribution in [3.63, 3.8) is 0 Å². The van der Waals surface area contributed by atoms with E-state index < -0.39 is 22.1 Å². The molecule has 1 saturated heterocycles. The number of nitrogens with zero attached hydrogens (tertiary/aromatic N) is 5. The van der Waals surface area contributed by atoms with E-state index in [9.17, 15) is 21.6 Å². The summed E-state index contributed by atoms with van der Waals surface area (Å²) >= 11 is 1.08.